The lowest BCUT2D eigenvalue weighted by Gasteiger charge is -2.42. The quantitative estimate of drug-likeness (QED) is 0.769. The highest BCUT2D eigenvalue weighted by atomic mass is 32.1. The first-order valence-corrected chi connectivity index (χ1v) is 6.44. The first-order chi connectivity index (χ1) is 8.85. The van der Waals surface area contributed by atoms with Crippen LogP contribution in [0.5, 0.6) is 5.75 Å². The van der Waals surface area contributed by atoms with E-state index in [4.69, 9.17) is 22.2 Å². The molecule has 2 N–H and O–H groups in total. The molecule has 0 aliphatic carbocycles. The van der Waals surface area contributed by atoms with E-state index in [2.05, 4.69) is 11.4 Å². The van der Waals surface area contributed by atoms with E-state index >= 15 is 0 Å². The Labute approximate surface area is 118 Å². The maximum Gasteiger partial charge on any atom is 0.132 e. The van der Waals surface area contributed by atoms with E-state index in [0.717, 1.165) is 5.56 Å². The molecular formula is C14H16N2O2S. The van der Waals surface area contributed by atoms with E-state index in [1.165, 1.54) is 0 Å². The second-order valence-electron chi connectivity index (χ2n) is 5.19. The summed E-state index contributed by atoms with van der Waals surface area (Å²) in [7, 11) is 0. The van der Waals surface area contributed by atoms with Gasteiger partial charge in [0.2, 0.25) is 0 Å². The predicted octanol–water partition coefficient (Wildman–Crippen LogP) is 2.07. The molecule has 1 aliphatic heterocycles. The van der Waals surface area contributed by atoms with Crippen LogP contribution in [0.1, 0.15) is 37.9 Å². The number of ether oxygens (including phenoxy) is 1. The van der Waals surface area contributed by atoms with Crippen LogP contribution in [-0.4, -0.2) is 21.8 Å². The Morgan fingerprint density at radius 3 is 2.79 bits per heavy atom. The average Bonchev–Trinajstić information content (AvgIpc) is 2.34. The molecule has 1 heterocycles. The van der Waals surface area contributed by atoms with Gasteiger partial charge in [-0.3, -0.25) is 0 Å². The van der Waals surface area contributed by atoms with Crippen LogP contribution < -0.4 is 10.1 Å². The fourth-order valence-corrected chi connectivity index (χ4v) is 2.37. The van der Waals surface area contributed by atoms with Gasteiger partial charge in [-0.05, 0) is 39.0 Å². The number of rotatable bonds is 1. The Kier molecular flexibility index (Phi) is 3.48. The SMILES string of the molecule is CC(=S)NC1c2cc(C#N)ccc2OC(C)(C)[C@H]1O. The van der Waals surface area contributed by atoms with E-state index in [9.17, 15) is 5.11 Å². The minimum atomic E-state index is -0.758. The van der Waals surface area contributed by atoms with Gasteiger partial charge in [-0.15, -0.1) is 0 Å². The van der Waals surface area contributed by atoms with E-state index in [1.807, 2.05) is 13.8 Å². The fourth-order valence-electron chi connectivity index (χ4n) is 2.24. The Morgan fingerprint density at radius 1 is 1.53 bits per heavy atom. The Bertz CT molecular complexity index is 563. The number of aliphatic hydroxyl groups excluding tert-OH is 1. The molecule has 4 nitrogen and oxygen atoms in total. The standard InChI is InChI=1S/C14H16N2O2S/c1-8(19)16-12-10-6-9(7-15)4-5-11(10)18-14(2,3)13(12)17/h4-6,12-13,17H,1-3H3,(H,16,19)/t12?,13-/m0/s1. The second-order valence-corrected chi connectivity index (χ2v) is 5.81. The molecule has 0 fully saturated rings. The lowest BCUT2D eigenvalue weighted by Crippen LogP contribution is -2.53. The molecule has 19 heavy (non-hydrogen) atoms. The molecule has 0 spiro atoms. The third kappa shape index (κ3) is 2.55. The van der Waals surface area contributed by atoms with Crippen molar-refractivity contribution in [3.8, 4) is 11.8 Å². The first-order valence-electron chi connectivity index (χ1n) is 6.03. The van der Waals surface area contributed by atoms with Crippen LogP contribution in [0.4, 0.5) is 0 Å². The Balaban J connectivity index is 2.52. The van der Waals surface area contributed by atoms with Gasteiger partial charge in [0.05, 0.1) is 22.7 Å². The molecule has 1 aliphatic rings. The predicted molar refractivity (Wildman–Crippen MR) is 76.0 cm³/mol. The smallest absolute Gasteiger partial charge is 0.132 e. The van der Waals surface area contributed by atoms with Crippen molar-refractivity contribution in [1.29, 1.82) is 5.26 Å². The highest BCUT2D eigenvalue weighted by molar-refractivity contribution is 7.80. The Morgan fingerprint density at radius 2 is 2.21 bits per heavy atom. The van der Waals surface area contributed by atoms with Crippen molar-refractivity contribution in [3.05, 3.63) is 29.3 Å². The van der Waals surface area contributed by atoms with Crippen LogP contribution in [0.15, 0.2) is 18.2 Å². The lowest BCUT2D eigenvalue weighted by molar-refractivity contribution is -0.0609. The second kappa shape index (κ2) is 4.80. The topological polar surface area (TPSA) is 65.3 Å². The molecule has 0 radical (unpaired) electrons. The normalized spacial score (nSPS) is 23.7. The molecule has 100 valence electrons. The lowest BCUT2D eigenvalue weighted by atomic mass is 9.86. The van der Waals surface area contributed by atoms with Crippen molar-refractivity contribution < 1.29 is 9.84 Å². The van der Waals surface area contributed by atoms with Crippen LogP contribution in [0.25, 0.3) is 0 Å². The van der Waals surface area contributed by atoms with Gasteiger partial charge in [0, 0.05) is 5.56 Å². The molecule has 1 aromatic carbocycles. The zero-order valence-corrected chi connectivity index (χ0v) is 11.9. The molecule has 5 heteroatoms. The van der Waals surface area contributed by atoms with Crippen LogP contribution in [0.2, 0.25) is 0 Å². The maximum atomic E-state index is 10.4. The van der Waals surface area contributed by atoms with Crippen molar-refractivity contribution in [2.24, 2.45) is 0 Å². The van der Waals surface area contributed by atoms with Crippen molar-refractivity contribution in [2.75, 3.05) is 0 Å². The van der Waals surface area contributed by atoms with Crippen molar-refractivity contribution >= 4 is 17.2 Å². The van der Waals surface area contributed by atoms with E-state index < -0.39 is 11.7 Å². The van der Waals surface area contributed by atoms with E-state index in [-0.39, 0.29) is 6.04 Å². The summed E-state index contributed by atoms with van der Waals surface area (Å²) in [4.78, 5) is 0.593. The van der Waals surface area contributed by atoms with Crippen molar-refractivity contribution in [1.82, 2.24) is 5.32 Å². The van der Waals surface area contributed by atoms with E-state index in [0.29, 0.717) is 16.3 Å². The number of aliphatic hydroxyl groups is 1. The van der Waals surface area contributed by atoms with Gasteiger partial charge in [0.25, 0.3) is 0 Å². The van der Waals surface area contributed by atoms with E-state index in [1.54, 1.807) is 25.1 Å². The zero-order valence-electron chi connectivity index (χ0n) is 11.1. The van der Waals surface area contributed by atoms with Crippen molar-refractivity contribution in [2.45, 2.75) is 38.5 Å². The monoisotopic (exact) mass is 276 g/mol. The maximum absolute atomic E-state index is 10.4. The van der Waals surface area contributed by atoms with Gasteiger partial charge in [0.1, 0.15) is 17.5 Å². The third-order valence-corrected chi connectivity index (χ3v) is 3.35. The number of hydrogen-bond donors (Lipinski definition) is 2. The molecule has 1 aromatic rings. The van der Waals surface area contributed by atoms with Gasteiger partial charge in [0.15, 0.2) is 0 Å². The third-order valence-electron chi connectivity index (χ3n) is 3.23. The summed E-state index contributed by atoms with van der Waals surface area (Å²) < 4.78 is 5.80. The minimum absolute atomic E-state index is 0.371. The molecule has 1 unspecified atom stereocenters. The summed E-state index contributed by atoms with van der Waals surface area (Å²) in [6.45, 7) is 5.41. The number of nitrogens with zero attached hydrogens (tertiary/aromatic N) is 1. The van der Waals surface area contributed by atoms with Crippen LogP contribution >= 0.6 is 12.2 Å². The van der Waals surface area contributed by atoms with Gasteiger partial charge in [-0.25, -0.2) is 0 Å². The minimum Gasteiger partial charge on any atom is -0.485 e. The molecule has 0 saturated heterocycles. The van der Waals surface area contributed by atoms with Gasteiger partial charge < -0.3 is 15.2 Å². The number of hydrogen-bond acceptors (Lipinski definition) is 4. The van der Waals surface area contributed by atoms with Crippen LogP contribution in [0.3, 0.4) is 0 Å². The molecule has 0 amide bonds. The summed E-state index contributed by atoms with van der Waals surface area (Å²) in [6, 6.07) is 6.90. The first kappa shape index (κ1) is 13.8. The summed E-state index contributed by atoms with van der Waals surface area (Å²) in [5, 5.41) is 22.5. The summed E-state index contributed by atoms with van der Waals surface area (Å²) >= 11 is 5.07. The number of thiocarbonyl (C=S) groups is 1. The largest absolute Gasteiger partial charge is 0.485 e. The van der Waals surface area contributed by atoms with Gasteiger partial charge in [-0.2, -0.15) is 5.26 Å². The fraction of sp³-hybridized carbons (Fsp3) is 0.429. The molecule has 0 bridgehead atoms. The van der Waals surface area contributed by atoms with Gasteiger partial charge in [-0.1, -0.05) is 12.2 Å². The molecule has 2 rings (SSSR count). The molecule has 2 atom stereocenters. The zero-order chi connectivity index (χ0) is 14.2. The number of nitrogens with one attached hydrogen (secondary N) is 1. The van der Waals surface area contributed by atoms with Crippen LogP contribution in [0, 0.1) is 11.3 Å². The van der Waals surface area contributed by atoms with Gasteiger partial charge >= 0.3 is 0 Å². The summed E-state index contributed by atoms with van der Waals surface area (Å²) in [6.07, 6.45) is -0.758. The number of nitriles is 1. The Hall–Kier alpha value is -1.64. The highest BCUT2D eigenvalue weighted by Crippen LogP contribution is 2.40. The summed E-state index contributed by atoms with van der Waals surface area (Å²) in [5.41, 5.74) is 0.571. The number of benzene rings is 1. The van der Waals surface area contributed by atoms with Crippen molar-refractivity contribution in [3.63, 3.8) is 0 Å². The average molecular weight is 276 g/mol. The number of fused-ring (bicyclic) bond motifs is 1. The molecule has 0 aromatic heterocycles. The van der Waals surface area contributed by atoms with Crippen LogP contribution in [-0.2, 0) is 0 Å². The summed E-state index contributed by atoms with van der Waals surface area (Å²) in [5.74, 6) is 0.669. The molecule has 0 saturated carbocycles. The highest BCUT2D eigenvalue weighted by Gasteiger charge is 2.43. The molecular weight excluding hydrogens is 260 g/mol.